The molecule has 3 rings (SSSR count). The van der Waals surface area contributed by atoms with E-state index < -0.39 is 15.7 Å². The molecule has 0 atom stereocenters. The van der Waals surface area contributed by atoms with E-state index in [1.807, 2.05) is 6.07 Å². The van der Waals surface area contributed by atoms with Crippen LogP contribution in [0, 0.1) is 5.82 Å². The molecule has 0 aliphatic carbocycles. The molecule has 2 aromatic carbocycles. The summed E-state index contributed by atoms with van der Waals surface area (Å²) in [6.45, 7) is 0.319. The highest BCUT2D eigenvalue weighted by molar-refractivity contribution is 7.90. The molecule has 0 spiro atoms. The Morgan fingerprint density at radius 2 is 1.82 bits per heavy atom. The number of nitrogens with zero attached hydrogens (tertiary/aromatic N) is 1. The van der Waals surface area contributed by atoms with Crippen molar-refractivity contribution in [1.82, 2.24) is 4.98 Å². The highest BCUT2D eigenvalue weighted by Gasteiger charge is 2.13. The standard InChI is InChI=1S/C20H18FN3O3S/c1-28(26,27)18-6-3-11-22-19(18)23-13-14-4-2-5-17(12-14)24-20(25)15-7-9-16(21)10-8-15/h2-12H,13H2,1H3,(H,22,23)(H,24,25). The monoisotopic (exact) mass is 399 g/mol. The number of benzene rings is 2. The zero-order valence-corrected chi connectivity index (χ0v) is 15.8. The number of amides is 1. The van der Waals surface area contributed by atoms with Crippen LogP contribution in [0.1, 0.15) is 15.9 Å². The summed E-state index contributed by atoms with van der Waals surface area (Å²) in [6.07, 6.45) is 2.64. The second-order valence-electron chi connectivity index (χ2n) is 6.14. The maximum absolute atomic E-state index is 13.0. The Morgan fingerprint density at radius 1 is 1.07 bits per heavy atom. The van der Waals surface area contributed by atoms with Gasteiger partial charge in [0.1, 0.15) is 16.5 Å². The first-order valence-electron chi connectivity index (χ1n) is 8.38. The van der Waals surface area contributed by atoms with Gasteiger partial charge in [0.15, 0.2) is 9.84 Å². The van der Waals surface area contributed by atoms with Crippen LogP contribution in [0.5, 0.6) is 0 Å². The van der Waals surface area contributed by atoms with Crippen molar-refractivity contribution in [2.45, 2.75) is 11.4 Å². The lowest BCUT2D eigenvalue weighted by atomic mass is 10.1. The minimum atomic E-state index is -3.40. The van der Waals surface area contributed by atoms with E-state index in [1.165, 1.54) is 36.5 Å². The Morgan fingerprint density at radius 3 is 2.54 bits per heavy atom. The Hall–Kier alpha value is -3.26. The van der Waals surface area contributed by atoms with Crippen molar-refractivity contribution in [1.29, 1.82) is 0 Å². The number of sulfone groups is 1. The Labute approximate surface area is 162 Å². The molecule has 0 saturated heterocycles. The lowest BCUT2D eigenvalue weighted by Crippen LogP contribution is -2.12. The lowest BCUT2D eigenvalue weighted by molar-refractivity contribution is 0.102. The average Bonchev–Trinajstić information content (AvgIpc) is 2.67. The summed E-state index contributed by atoms with van der Waals surface area (Å²) in [4.78, 5) is 16.5. The molecule has 2 N–H and O–H groups in total. The van der Waals surface area contributed by atoms with Crippen molar-refractivity contribution < 1.29 is 17.6 Å². The third-order valence-corrected chi connectivity index (χ3v) is 5.05. The largest absolute Gasteiger partial charge is 0.365 e. The van der Waals surface area contributed by atoms with Crippen molar-refractivity contribution in [3.63, 3.8) is 0 Å². The van der Waals surface area contributed by atoms with Crippen LogP contribution in [-0.2, 0) is 16.4 Å². The third-order valence-electron chi connectivity index (χ3n) is 3.92. The van der Waals surface area contributed by atoms with Crippen molar-refractivity contribution in [3.8, 4) is 0 Å². The minimum absolute atomic E-state index is 0.121. The summed E-state index contributed by atoms with van der Waals surface area (Å²) in [7, 11) is -3.40. The maximum atomic E-state index is 13.0. The number of pyridine rings is 1. The van der Waals surface area contributed by atoms with Gasteiger partial charge in [-0.1, -0.05) is 12.1 Å². The van der Waals surface area contributed by atoms with Crippen LogP contribution >= 0.6 is 0 Å². The number of rotatable bonds is 6. The van der Waals surface area contributed by atoms with Crippen LogP contribution in [-0.4, -0.2) is 25.6 Å². The second-order valence-corrected chi connectivity index (χ2v) is 8.12. The van der Waals surface area contributed by atoms with E-state index in [1.54, 1.807) is 24.3 Å². The van der Waals surface area contributed by atoms with Crippen molar-refractivity contribution in [2.75, 3.05) is 16.9 Å². The first-order valence-corrected chi connectivity index (χ1v) is 10.3. The first kappa shape index (κ1) is 19.5. The Bertz CT molecular complexity index is 1100. The van der Waals surface area contributed by atoms with Crippen LogP contribution in [0.15, 0.2) is 71.8 Å². The number of halogens is 1. The summed E-state index contributed by atoms with van der Waals surface area (Å²) in [5.74, 6) is -0.493. The quantitative estimate of drug-likeness (QED) is 0.662. The van der Waals surface area contributed by atoms with Gasteiger partial charge in [-0.3, -0.25) is 4.79 Å². The molecule has 1 heterocycles. The molecular weight excluding hydrogens is 381 g/mol. The van der Waals surface area contributed by atoms with Crippen LogP contribution in [0.3, 0.4) is 0 Å². The van der Waals surface area contributed by atoms with E-state index in [0.29, 0.717) is 17.8 Å². The summed E-state index contributed by atoms with van der Waals surface area (Å²) in [5, 5.41) is 5.76. The average molecular weight is 399 g/mol. The van der Waals surface area contributed by atoms with Crippen LogP contribution < -0.4 is 10.6 Å². The smallest absolute Gasteiger partial charge is 0.255 e. The lowest BCUT2D eigenvalue weighted by Gasteiger charge is -2.11. The van der Waals surface area contributed by atoms with Gasteiger partial charge in [0.05, 0.1) is 0 Å². The molecule has 0 saturated carbocycles. The zero-order valence-electron chi connectivity index (χ0n) is 15.0. The van der Waals surface area contributed by atoms with Crippen LogP contribution in [0.25, 0.3) is 0 Å². The molecule has 0 aliphatic heterocycles. The molecule has 0 fully saturated rings. The van der Waals surface area contributed by atoms with Gasteiger partial charge in [-0.2, -0.15) is 0 Å². The number of carbonyl (C=O) groups excluding carboxylic acids is 1. The zero-order chi connectivity index (χ0) is 20.1. The number of hydrogen-bond acceptors (Lipinski definition) is 5. The predicted molar refractivity (Wildman–Crippen MR) is 105 cm³/mol. The van der Waals surface area contributed by atoms with Crippen molar-refractivity contribution in [3.05, 3.63) is 83.8 Å². The van der Waals surface area contributed by atoms with Gasteiger partial charge in [-0.05, 0) is 54.1 Å². The summed E-state index contributed by atoms with van der Waals surface area (Å²) in [6, 6.07) is 15.4. The van der Waals surface area contributed by atoms with E-state index in [4.69, 9.17) is 0 Å². The molecule has 1 amide bonds. The molecule has 8 heteroatoms. The highest BCUT2D eigenvalue weighted by Crippen LogP contribution is 2.19. The van der Waals surface area contributed by atoms with Gasteiger partial charge in [0.25, 0.3) is 5.91 Å². The van der Waals surface area contributed by atoms with Crippen molar-refractivity contribution >= 4 is 27.2 Å². The molecular formula is C20H18FN3O3S. The molecule has 0 aliphatic rings. The van der Waals surface area contributed by atoms with Gasteiger partial charge < -0.3 is 10.6 Å². The molecule has 144 valence electrons. The first-order chi connectivity index (χ1) is 13.3. The van der Waals surface area contributed by atoms with Gasteiger partial charge in [-0.25, -0.2) is 17.8 Å². The molecule has 3 aromatic rings. The Kier molecular flexibility index (Phi) is 5.70. The molecule has 1 aromatic heterocycles. The SMILES string of the molecule is CS(=O)(=O)c1cccnc1NCc1cccc(NC(=O)c2ccc(F)cc2)c1. The van der Waals surface area contributed by atoms with E-state index in [-0.39, 0.29) is 16.6 Å². The van der Waals surface area contributed by atoms with Crippen molar-refractivity contribution in [2.24, 2.45) is 0 Å². The second kappa shape index (κ2) is 8.18. The van der Waals surface area contributed by atoms with Gasteiger partial charge in [-0.15, -0.1) is 0 Å². The number of hydrogen-bond donors (Lipinski definition) is 2. The number of nitrogens with one attached hydrogen (secondary N) is 2. The molecule has 0 bridgehead atoms. The normalized spacial score (nSPS) is 11.1. The number of anilines is 2. The van der Waals surface area contributed by atoms with Gasteiger partial charge in [0.2, 0.25) is 0 Å². The molecule has 0 radical (unpaired) electrons. The topological polar surface area (TPSA) is 88.2 Å². The fourth-order valence-corrected chi connectivity index (χ4v) is 3.37. The summed E-state index contributed by atoms with van der Waals surface area (Å²) < 4.78 is 36.7. The maximum Gasteiger partial charge on any atom is 0.255 e. The highest BCUT2D eigenvalue weighted by atomic mass is 32.2. The van der Waals surface area contributed by atoms with E-state index in [2.05, 4.69) is 15.6 Å². The van der Waals surface area contributed by atoms with E-state index in [9.17, 15) is 17.6 Å². The molecule has 28 heavy (non-hydrogen) atoms. The Balaban J connectivity index is 1.71. The van der Waals surface area contributed by atoms with Gasteiger partial charge in [0, 0.05) is 30.2 Å². The summed E-state index contributed by atoms with van der Waals surface area (Å²) in [5.41, 5.74) is 1.73. The van der Waals surface area contributed by atoms with Crippen LogP contribution in [0.4, 0.5) is 15.9 Å². The number of aromatic nitrogens is 1. The van der Waals surface area contributed by atoms with E-state index >= 15 is 0 Å². The minimum Gasteiger partial charge on any atom is -0.365 e. The molecule has 6 nitrogen and oxygen atoms in total. The summed E-state index contributed by atoms with van der Waals surface area (Å²) >= 11 is 0. The fourth-order valence-electron chi connectivity index (χ4n) is 2.57. The number of carbonyl (C=O) groups is 1. The third kappa shape index (κ3) is 4.92. The fraction of sp³-hybridized carbons (Fsp3) is 0.100. The molecule has 0 unspecified atom stereocenters. The van der Waals surface area contributed by atoms with E-state index in [0.717, 1.165) is 11.8 Å². The van der Waals surface area contributed by atoms with Crippen LogP contribution in [0.2, 0.25) is 0 Å². The van der Waals surface area contributed by atoms with Gasteiger partial charge >= 0.3 is 0 Å². The predicted octanol–water partition coefficient (Wildman–Crippen LogP) is 3.49.